The van der Waals surface area contributed by atoms with E-state index < -0.39 is 0 Å². The Kier molecular flexibility index (Phi) is 5.54. The smallest absolute Gasteiger partial charge is 0.226 e. The third-order valence-corrected chi connectivity index (χ3v) is 7.72. The SMILES string of the molecule is Cc1cc(C)c(CN2CCC3(CC2)CC3C(=O)N2CCCN(C)CC2)cc1C. The van der Waals surface area contributed by atoms with E-state index in [9.17, 15) is 4.79 Å². The second-order valence-corrected chi connectivity index (χ2v) is 9.74. The van der Waals surface area contributed by atoms with Gasteiger partial charge in [0.05, 0.1) is 0 Å². The van der Waals surface area contributed by atoms with Crippen LogP contribution in [0, 0.1) is 32.1 Å². The van der Waals surface area contributed by atoms with E-state index in [4.69, 9.17) is 0 Å². The lowest BCUT2D eigenvalue weighted by Crippen LogP contribution is -2.39. The van der Waals surface area contributed by atoms with E-state index >= 15 is 0 Å². The Morgan fingerprint density at radius 1 is 0.964 bits per heavy atom. The predicted octanol–water partition coefficient (Wildman–Crippen LogP) is 3.38. The maximum Gasteiger partial charge on any atom is 0.226 e. The van der Waals surface area contributed by atoms with E-state index in [-0.39, 0.29) is 0 Å². The van der Waals surface area contributed by atoms with Gasteiger partial charge in [0.2, 0.25) is 5.91 Å². The first kappa shape index (κ1) is 19.9. The first-order valence-corrected chi connectivity index (χ1v) is 11.1. The van der Waals surface area contributed by atoms with Crippen LogP contribution in [0.5, 0.6) is 0 Å². The molecule has 2 aliphatic heterocycles. The van der Waals surface area contributed by atoms with Crippen LogP contribution in [0.1, 0.15) is 47.9 Å². The molecule has 2 heterocycles. The van der Waals surface area contributed by atoms with Gasteiger partial charge in [0, 0.05) is 32.1 Å². The molecule has 1 aliphatic carbocycles. The Hall–Kier alpha value is -1.39. The summed E-state index contributed by atoms with van der Waals surface area (Å²) < 4.78 is 0. The number of carbonyl (C=O) groups is 1. The number of likely N-dealkylation sites (N-methyl/N-ethyl adjacent to an activating group) is 1. The van der Waals surface area contributed by atoms with Crippen LogP contribution in [-0.4, -0.2) is 66.9 Å². The zero-order valence-corrected chi connectivity index (χ0v) is 18.3. The van der Waals surface area contributed by atoms with Crippen LogP contribution in [-0.2, 0) is 11.3 Å². The van der Waals surface area contributed by atoms with E-state index in [0.717, 1.165) is 58.7 Å². The summed E-state index contributed by atoms with van der Waals surface area (Å²) in [5.74, 6) is 0.759. The molecular weight excluding hydrogens is 346 g/mol. The van der Waals surface area contributed by atoms with Gasteiger partial charge in [0.15, 0.2) is 0 Å². The summed E-state index contributed by atoms with van der Waals surface area (Å²) in [7, 11) is 2.17. The van der Waals surface area contributed by atoms with Crippen molar-refractivity contribution in [2.45, 2.75) is 53.0 Å². The first-order chi connectivity index (χ1) is 13.4. The van der Waals surface area contributed by atoms with Crippen LogP contribution < -0.4 is 0 Å². The lowest BCUT2D eigenvalue weighted by atomic mass is 9.90. The fourth-order valence-electron chi connectivity index (χ4n) is 5.32. The van der Waals surface area contributed by atoms with Crippen molar-refractivity contribution in [1.82, 2.24) is 14.7 Å². The largest absolute Gasteiger partial charge is 0.341 e. The van der Waals surface area contributed by atoms with E-state index in [1.54, 1.807) is 0 Å². The highest BCUT2D eigenvalue weighted by atomic mass is 16.2. The molecule has 1 aromatic rings. The van der Waals surface area contributed by atoms with E-state index in [1.807, 2.05) is 0 Å². The molecule has 3 fully saturated rings. The van der Waals surface area contributed by atoms with Crippen LogP contribution in [0.25, 0.3) is 0 Å². The standard InChI is InChI=1S/C24H37N3O/c1-18-14-20(3)21(15-19(18)2)17-26-10-6-24(7-11-26)16-22(24)23(28)27-9-5-8-25(4)12-13-27/h14-15,22H,5-13,16-17H2,1-4H3. The van der Waals surface area contributed by atoms with Gasteiger partial charge in [-0.25, -0.2) is 0 Å². The van der Waals surface area contributed by atoms with Gasteiger partial charge in [-0.2, -0.15) is 0 Å². The van der Waals surface area contributed by atoms with Gasteiger partial charge in [-0.1, -0.05) is 12.1 Å². The molecule has 28 heavy (non-hydrogen) atoms. The number of piperidine rings is 1. The molecule has 0 aromatic heterocycles. The maximum atomic E-state index is 13.1. The van der Waals surface area contributed by atoms with Gasteiger partial charge in [-0.3, -0.25) is 9.69 Å². The average molecular weight is 384 g/mol. The van der Waals surface area contributed by atoms with Gasteiger partial charge in [-0.05, 0) is 101 Å². The van der Waals surface area contributed by atoms with E-state index in [2.05, 4.69) is 54.7 Å². The third-order valence-electron chi connectivity index (χ3n) is 7.72. The second kappa shape index (κ2) is 7.79. The van der Waals surface area contributed by atoms with Crippen molar-refractivity contribution in [2.75, 3.05) is 46.3 Å². The Labute approximate surface area is 170 Å². The summed E-state index contributed by atoms with van der Waals surface area (Å²) in [6.07, 6.45) is 4.64. The summed E-state index contributed by atoms with van der Waals surface area (Å²) >= 11 is 0. The van der Waals surface area contributed by atoms with Crippen LogP contribution >= 0.6 is 0 Å². The summed E-state index contributed by atoms with van der Waals surface area (Å²) in [5, 5.41) is 0. The quantitative estimate of drug-likeness (QED) is 0.801. The summed E-state index contributed by atoms with van der Waals surface area (Å²) in [6.45, 7) is 14.0. The Balaban J connectivity index is 1.31. The molecule has 4 rings (SSSR count). The number of aryl methyl sites for hydroxylation is 3. The number of hydrogen-bond donors (Lipinski definition) is 0. The van der Waals surface area contributed by atoms with Crippen molar-refractivity contribution in [3.63, 3.8) is 0 Å². The zero-order chi connectivity index (χ0) is 19.9. The topological polar surface area (TPSA) is 26.8 Å². The van der Waals surface area contributed by atoms with Crippen LogP contribution in [0.4, 0.5) is 0 Å². The number of carbonyl (C=O) groups excluding carboxylic acids is 1. The minimum atomic E-state index is 0.307. The highest BCUT2D eigenvalue weighted by molar-refractivity contribution is 5.82. The van der Waals surface area contributed by atoms with Gasteiger partial charge in [0.1, 0.15) is 0 Å². The molecule has 2 saturated heterocycles. The van der Waals surface area contributed by atoms with Crippen molar-refractivity contribution >= 4 is 5.91 Å². The highest BCUT2D eigenvalue weighted by Gasteiger charge is 2.59. The Morgan fingerprint density at radius 2 is 1.68 bits per heavy atom. The summed E-state index contributed by atoms with van der Waals surface area (Å²) in [4.78, 5) is 20.2. The summed E-state index contributed by atoms with van der Waals surface area (Å²) in [5.41, 5.74) is 5.98. The van der Waals surface area contributed by atoms with E-state index in [0.29, 0.717) is 17.2 Å². The Bertz CT molecular complexity index is 736. The molecule has 0 N–H and O–H groups in total. The molecule has 154 valence electrons. The normalized spacial score (nSPS) is 25.7. The van der Waals surface area contributed by atoms with Gasteiger partial charge in [0.25, 0.3) is 0 Å². The highest BCUT2D eigenvalue weighted by Crippen LogP contribution is 2.60. The Morgan fingerprint density at radius 3 is 2.43 bits per heavy atom. The molecule has 4 nitrogen and oxygen atoms in total. The van der Waals surface area contributed by atoms with Crippen molar-refractivity contribution in [3.05, 3.63) is 34.4 Å². The number of amides is 1. The lowest BCUT2D eigenvalue weighted by molar-refractivity contribution is -0.133. The number of benzene rings is 1. The minimum absolute atomic E-state index is 0.307. The molecule has 4 heteroatoms. The van der Waals surface area contributed by atoms with Gasteiger partial charge in [-0.15, -0.1) is 0 Å². The lowest BCUT2D eigenvalue weighted by Gasteiger charge is -2.34. The molecule has 1 unspecified atom stereocenters. The predicted molar refractivity (Wildman–Crippen MR) is 114 cm³/mol. The van der Waals surface area contributed by atoms with Crippen molar-refractivity contribution in [1.29, 1.82) is 0 Å². The van der Waals surface area contributed by atoms with Crippen LogP contribution in [0.3, 0.4) is 0 Å². The molecular formula is C24H37N3O. The van der Waals surface area contributed by atoms with Crippen molar-refractivity contribution in [3.8, 4) is 0 Å². The molecule has 0 radical (unpaired) electrons. The number of nitrogens with zero attached hydrogens (tertiary/aromatic N) is 3. The second-order valence-electron chi connectivity index (χ2n) is 9.74. The van der Waals surface area contributed by atoms with E-state index in [1.165, 1.54) is 35.1 Å². The van der Waals surface area contributed by atoms with Crippen LogP contribution in [0.2, 0.25) is 0 Å². The average Bonchev–Trinajstić information content (AvgIpc) is 3.41. The fourth-order valence-corrected chi connectivity index (χ4v) is 5.32. The number of likely N-dealkylation sites (tertiary alicyclic amines) is 1. The third kappa shape index (κ3) is 3.99. The first-order valence-electron chi connectivity index (χ1n) is 11.1. The van der Waals surface area contributed by atoms with Gasteiger partial charge >= 0.3 is 0 Å². The zero-order valence-electron chi connectivity index (χ0n) is 18.3. The molecule has 1 aromatic carbocycles. The molecule has 1 atom stereocenters. The fraction of sp³-hybridized carbons (Fsp3) is 0.708. The maximum absolute atomic E-state index is 13.1. The molecule has 0 bridgehead atoms. The monoisotopic (exact) mass is 383 g/mol. The van der Waals surface area contributed by atoms with Crippen LogP contribution in [0.15, 0.2) is 12.1 Å². The summed E-state index contributed by atoms with van der Waals surface area (Å²) in [6, 6.07) is 4.69. The van der Waals surface area contributed by atoms with Gasteiger partial charge < -0.3 is 9.80 Å². The number of rotatable bonds is 3. The molecule has 1 spiro atoms. The molecule has 3 aliphatic rings. The molecule has 1 saturated carbocycles. The minimum Gasteiger partial charge on any atom is -0.341 e. The van der Waals surface area contributed by atoms with Crippen molar-refractivity contribution < 1.29 is 4.79 Å². The molecule has 1 amide bonds. The number of hydrogen-bond acceptors (Lipinski definition) is 3. The van der Waals surface area contributed by atoms with Crippen molar-refractivity contribution in [2.24, 2.45) is 11.3 Å².